The van der Waals surface area contributed by atoms with E-state index in [2.05, 4.69) is 15.1 Å². The van der Waals surface area contributed by atoms with Gasteiger partial charge < -0.3 is 9.47 Å². The van der Waals surface area contributed by atoms with Crippen LogP contribution < -0.4 is 9.47 Å². The van der Waals surface area contributed by atoms with Crippen molar-refractivity contribution >= 4 is 17.5 Å². The number of aryl methyl sites for hydroxylation is 2. The zero-order chi connectivity index (χ0) is 16.2. The van der Waals surface area contributed by atoms with Gasteiger partial charge in [0.05, 0.1) is 13.7 Å². The van der Waals surface area contributed by atoms with Gasteiger partial charge in [-0.1, -0.05) is 23.9 Å². The average Bonchev–Trinajstić information content (AvgIpc) is 2.95. The van der Waals surface area contributed by atoms with Crippen molar-refractivity contribution in [3.05, 3.63) is 41.7 Å². The molecule has 0 bridgehead atoms. The molecule has 120 valence electrons. The predicted octanol–water partition coefficient (Wildman–Crippen LogP) is 2.92. The molecule has 1 aromatic carbocycles. The number of methoxy groups -OCH3 is 1. The van der Waals surface area contributed by atoms with Gasteiger partial charge in [0.2, 0.25) is 5.16 Å². The highest BCUT2D eigenvalue weighted by Crippen LogP contribution is 2.26. The van der Waals surface area contributed by atoms with Gasteiger partial charge in [0.1, 0.15) is 0 Å². The fraction of sp³-hybridized carbons (Fsp3) is 0.312. The Kier molecular flexibility index (Phi) is 4.66. The molecule has 0 aliphatic heterocycles. The molecule has 2 aromatic heterocycles. The monoisotopic (exact) mass is 330 g/mol. The van der Waals surface area contributed by atoms with E-state index in [9.17, 15) is 0 Å². The fourth-order valence-corrected chi connectivity index (χ4v) is 2.87. The van der Waals surface area contributed by atoms with Crippen LogP contribution in [0.15, 0.2) is 35.5 Å². The molecular weight excluding hydrogens is 312 g/mol. The highest BCUT2D eigenvalue weighted by Gasteiger charge is 2.08. The first-order chi connectivity index (χ1) is 11.2. The van der Waals surface area contributed by atoms with Crippen molar-refractivity contribution < 1.29 is 9.47 Å². The maximum absolute atomic E-state index is 5.74. The van der Waals surface area contributed by atoms with Gasteiger partial charge in [-0.15, -0.1) is 5.10 Å². The number of fused-ring (bicyclic) bond motifs is 1. The van der Waals surface area contributed by atoms with Gasteiger partial charge in [-0.3, -0.25) is 0 Å². The topological polar surface area (TPSA) is 61.5 Å². The first-order valence-corrected chi connectivity index (χ1v) is 8.25. The van der Waals surface area contributed by atoms with E-state index < -0.39 is 0 Å². The van der Waals surface area contributed by atoms with Crippen molar-refractivity contribution in [1.29, 1.82) is 0 Å². The molecule has 0 aliphatic carbocycles. The first-order valence-electron chi connectivity index (χ1n) is 7.27. The lowest BCUT2D eigenvalue weighted by atomic mass is 10.3. The Labute approximate surface area is 138 Å². The summed E-state index contributed by atoms with van der Waals surface area (Å²) in [6.07, 6.45) is 0. The number of para-hydroxylation sites is 2. The Balaban J connectivity index is 1.60. The molecule has 0 saturated heterocycles. The molecule has 2 heterocycles. The normalized spacial score (nSPS) is 10.9. The molecule has 0 aliphatic rings. The van der Waals surface area contributed by atoms with Crippen LogP contribution in [0.25, 0.3) is 5.78 Å². The summed E-state index contributed by atoms with van der Waals surface area (Å²) in [6.45, 7) is 4.50. The zero-order valence-corrected chi connectivity index (χ0v) is 14.1. The number of nitrogens with zero attached hydrogens (tertiary/aromatic N) is 4. The number of benzene rings is 1. The van der Waals surface area contributed by atoms with E-state index in [1.54, 1.807) is 23.4 Å². The van der Waals surface area contributed by atoms with Gasteiger partial charge in [-0.2, -0.15) is 4.98 Å². The number of aromatic nitrogens is 4. The molecule has 0 fully saturated rings. The van der Waals surface area contributed by atoms with Crippen LogP contribution in [0, 0.1) is 13.8 Å². The minimum Gasteiger partial charge on any atom is -0.493 e. The molecule has 0 spiro atoms. The third-order valence-electron chi connectivity index (χ3n) is 3.24. The van der Waals surface area contributed by atoms with Crippen molar-refractivity contribution in [2.45, 2.75) is 19.0 Å². The van der Waals surface area contributed by atoms with Crippen molar-refractivity contribution in [3.63, 3.8) is 0 Å². The maximum atomic E-state index is 5.74. The molecule has 23 heavy (non-hydrogen) atoms. The van der Waals surface area contributed by atoms with E-state index in [0.717, 1.165) is 28.6 Å². The molecule has 0 atom stereocenters. The Morgan fingerprint density at radius 2 is 1.91 bits per heavy atom. The molecular formula is C16H18N4O2S. The van der Waals surface area contributed by atoms with Crippen LogP contribution in [-0.4, -0.2) is 39.1 Å². The summed E-state index contributed by atoms with van der Waals surface area (Å²) < 4.78 is 12.8. The van der Waals surface area contributed by atoms with Crippen LogP contribution in [0.1, 0.15) is 11.4 Å². The van der Waals surface area contributed by atoms with Crippen LogP contribution in [0.4, 0.5) is 0 Å². The van der Waals surface area contributed by atoms with Crippen molar-refractivity contribution in [2.24, 2.45) is 0 Å². The lowest BCUT2D eigenvalue weighted by Crippen LogP contribution is -2.02. The molecule has 0 radical (unpaired) electrons. The van der Waals surface area contributed by atoms with Gasteiger partial charge in [0.15, 0.2) is 11.5 Å². The average molecular weight is 330 g/mol. The van der Waals surface area contributed by atoms with E-state index in [1.807, 2.05) is 44.2 Å². The number of hydrogen-bond donors (Lipinski definition) is 0. The summed E-state index contributed by atoms with van der Waals surface area (Å²) in [4.78, 5) is 8.82. The number of thioether (sulfide) groups is 1. The van der Waals surface area contributed by atoms with Gasteiger partial charge in [-0.25, -0.2) is 9.50 Å². The molecule has 0 saturated carbocycles. The van der Waals surface area contributed by atoms with Gasteiger partial charge >= 0.3 is 0 Å². The third kappa shape index (κ3) is 3.56. The summed E-state index contributed by atoms with van der Waals surface area (Å²) in [6, 6.07) is 9.59. The van der Waals surface area contributed by atoms with E-state index in [4.69, 9.17) is 9.47 Å². The highest BCUT2D eigenvalue weighted by atomic mass is 32.2. The van der Waals surface area contributed by atoms with Crippen molar-refractivity contribution in [1.82, 2.24) is 19.6 Å². The Bertz CT molecular complexity index is 819. The minimum absolute atomic E-state index is 0.548. The molecule has 3 rings (SSSR count). The van der Waals surface area contributed by atoms with E-state index in [-0.39, 0.29) is 0 Å². The second-order valence-electron chi connectivity index (χ2n) is 4.99. The molecule has 7 heteroatoms. The lowest BCUT2D eigenvalue weighted by molar-refractivity contribution is 0.313. The molecule has 0 amide bonds. The van der Waals surface area contributed by atoms with Crippen LogP contribution >= 0.6 is 11.8 Å². The quantitative estimate of drug-likeness (QED) is 0.511. The smallest absolute Gasteiger partial charge is 0.253 e. The second-order valence-corrected chi connectivity index (χ2v) is 6.05. The SMILES string of the molecule is COc1ccccc1OCCSc1nc2nc(C)cc(C)n2n1. The molecule has 3 aromatic rings. The summed E-state index contributed by atoms with van der Waals surface area (Å²) in [5.41, 5.74) is 1.97. The van der Waals surface area contributed by atoms with Gasteiger partial charge in [0, 0.05) is 17.1 Å². The van der Waals surface area contributed by atoms with Crippen LogP contribution in [-0.2, 0) is 0 Å². The van der Waals surface area contributed by atoms with Crippen LogP contribution in [0.3, 0.4) is 0 Å². The molecule has 0 unspecified atom stereocenters. The molecule has 6 nitrogen and oxygen atoms in total. The van der Waals surface area contributed by atoms with E-state index >= 15 is 0 Å². The van der Waals surface area contributed by atoms with Gasteiger partial charge in [-0.05, 0) is 32.0 Å². The van der Waals surface area contributed by atoms with Crippen molar-refractivity contribution in [2.75, 3.05) is 19.5 Å². The number of rotatable bonds is 6. The molecule has 0 N–H and O–H groups in total. The van der Waals surface area contributed by atoms with Crippen molar-refractivity contribution in [3.8, 4) is 11.5 Å². The highest BCUT2D eigenvalue weighted by molar-refractivity contribution is 7.99. The standard InChI is InChI=1S/C16H18N4O2S/c1-11-10-12(2)20-15(17-11)18-16(19-20)23-9-8-22-14-7-5-4-6-13(14)21-3/h4-7,10H,8-9H2,1-3H3. The summed E-state index contributed by atoms with van der Waals surface area (Å²) in [5, 5.41) is 5.16. The Hall–Kier alpha value is -2.28. The summed E-state index contributed by atoms with van der Waals surface area (Å²) in [7, 11) is 1.63. The number of hydrogen-bond acceptors (Lipinski definition) is 6. The fourth-order valence-electron chi connectivity index (χ4n) is 2.23. The number of ether oxygens (including phenoxy) is 2. The summed E-state index contributed by atoms with van der Waals surface area (Å²) >= 11 is 1.54. The van der Waals surface area contributed by atoms with Crippen LogP contribution in [0.2, 0.25) is 0 Å². The Morgan fingerprint density at radius 1 is 1.13 bits per heavy atom. The zero-order valence-electron chi connectivity index (χ0n) is 13.3. The minimum atomic E-state index is 0.548. The largest absolute Gasteiger partial charge is 0.493 e. The first kappa shape index (κ1) is 15.6. The summed E-state index contributed by atoms with van der Waals surface area (Å²) in [5.74, 6) is 2.86. The van der Waals surface area contributed by atoms with E-state index in [1.165, 1.54) is 0 Å². The lowest BCUT2D eigenvalue weighted by Gasteiger charge is -2.09. The van der Waals surface area contributed by atoms with E-state index in [0.29, 0.717) is 17.5 Å². The van der Waals surface area contributed by atoms with Gasteiger partial charge in [0.25, 0.3) is 5.78 Å². The second kappa shape index (κ2) is 6.87. The Morgan fingerprint density at radius 3 is 2.70 bits per heavy atom. The van der Waals surface area contributed by atoms with Crippen LogP contribution in [0.5, 0.6) is 11.5 Å². The predicted molar refractivity (Wildman–Crippen MR) is 89.5 cm³/mol. The third-order valence-corrected chi connectivity index (χ3v) is 4.04. The maximum Gasteiger partial charge on any atom is 0.253 e.